The molecule has 0 aromatic heterocycles. The normalized spacial score (nSPS) is 10.6. The van der Waals surface area contributed by atoms with Crippen molar-refractivity contribution in [3.8, 4) is 5.75 Å². The number of aliphatic carboxylic acids is 1. The highest BCUT2D eigenvalue weighted by molar-refractivity contribution is 7.98. The van der Waals surface area contributed by atoms with Crippen molar-refractivity contribution in [2.75, 3.05) is 18.6 Å². The molecular weight excluding hydrogens is 270 g/mol. The van der Waals surface area contributed by atoms with Crippen molar-refractivity contribution in [1.29, 1.82) is 0 Å². The monoisotopic (exact) mass is 283 g/mol. The van der Waals surface area contributed by atoms with E-state index in [1.54, 1.807) is 11.8 Å². The minimum atomic E-state index is -1.08. The summed E-state index contributed by atoms with van der Waals surface area (Å²) in [6.45, 7) is 0.355. The number of hydrogen-bond donors (Lipinski definition) is 1. The summed E-state index contributed by atoms with van der Waals surface area (Å²) in [7, 11) is 0. The number of benzene rings is 1. The fourth-order valence-corrected chi connectivity index (χ4v) is 1.55. The summed E-state index contributed by atoms with van der Waals surface area (Å²) >= 11 is 1.57. The van der Waals surface area contributed by atoms with E-state index in [0.29, 0.717) is 17.9 Å². The summed E-state index contributed by atoms with van der Waals surface area (Å²) in [4.78, 5) is 20.7. The van der Waals surface area contributed by atoms with Crippen molar-refractivity contribution in [1.82, 2.24) is 0 Å². The molecule has 0 aliphatic carbocycles. The van der Waals surface area contributed by atoms with E-state index in [-0.39, 0.29) is 11.4 Å². The Morgan fingerprint density at radius 2 is 2.32 bits per heavy atom. The number of carbonyl (C=O) groups is 1. The van der Waals surface area contributed by atoms with Crippen LogP contribution in [0.5, 0.6) is 5.75 Å². The summed E-state index contributed by atoms with van der Waals surface area (Å²) in [5, 5.41) is 19.4. The molecule has 0 saturated carbocycles. The molecule has 0 spiro atoms. The smallest absolute Gasteiger partial charge is 0.328 e. The van der Waals surface area contributed by atoms with Gasteiger partial charge in [-0.05, 0) is 30.0 Å². The van der Waals surface area contributed by atoms with Gasteiger partial charge in [-0.1, -0.05) is 0 Å². The zero-order valence-electron chi connectivity index (χ0n) is 10.2. The predicted octanol–water partition coefficient (Wildman–Crippen LogP) is 2.43. The Morgan fingerprint density at radius 3 is 2.89 bits per heavy atom. The molecule has 0 bridgehead atoms. The van der Waals surface area contributed by atoms with Gasteiger partial charge in [0.05, 0.1) is 11.5 Å². The minimum absolute atomic E-state index is 0.131. The van der Waals surface area contributed by atoms with Crippen molar-refractivity contribution < 1.29 is 19.6 Å². The Balaban J connectivity index is 2.96. The molecule has 0 aliphatic heterocycles. The first kappa shape index (κ1) is 15.0. The maximum absolute atomic E-state index is 10.8. The molecule has 7 heteroatoms. The second kappa shape index (κ2) is 7.42. The molecule has 1 N–H and O–H groups in total. The molecule has 0 unspecified atom stereocenters. The molecule has 1 aromatic carbocycles. The van der Waals surface area contributed by atoms with Crippen LogP contribution in [-0.2, 0) is 4.79 Å². The molecule has 0 amide bonds. The molecule has 0 atom stereocenters. The molecule has 0 fully saturated rings. The van der Waals surface area contributed by atoms with E-state index in [2.05, 4.69) is 0 Å². The van der Waals surface area contributed by atoms with Gasteiger partial charge in [0.1, 0.15) is 0 Å². The van der Waals surface area contributed by atoms with Gasteiger partial charge in [0.25, 0.3) is 0 Å². The lowest BCUT2D eigenvalue weighted by molar-refractivity contribution is -0.385. The van der Waals surface area contributed by atoms with Crippen LogP contribution >= 0.6 is 11.8 Å². The van der Waals surface area contributed by atoms with Crippen LogP contribution in [0, 0.1) is 10.1 Å². The molecule has 1 aromatic rings. The average molecular weight is 283 g/mol. The third kappa shape index (κ3) is 5.01. The third-order valence-electron chi connectivity index (χ3n) is 2.14. The third-order valence-corrected chi connectivity index (χ3v) is 2.72. The Kier molecular flexibility index (Phi) is 5.87. The van der Waals surface area contributed by atoms with Crippen LogP contribution in [0.3, 0.4) is 0 Å². The van der Waals surface area contributed by atoms with E-state index in [0.717, 1.165) is 6.08 Å². The first-order valence-electron chi connectivity index (χ1n) is 5.35. The Bertz CT molecular complexity index is 501. The van der Waals surface area contributed by atoms with Crippen LogP contribution in [0.1, 0.15) is 5.56 Å². The van der Waals surface area contributed by atoms with E-state index in [4.69, 9.17) is 9.84 Å². The average Bonchev–Trinajstić information content (AvgIpc) is 2.36. The first-order valence-corrected chi connectivity index (χ1v) is 6.75. The number of carboxylic acid groups (broad SMARTS) is 1. The maximum Gasteiger partial charge on any atom is 0.328 e. The molecule has 6 nitrogen and oxygen atoms in total. The topological polar surface area (TPSA) is 89.7 Å². The van der Waals surface area contributed by atoms with Gasteiger partial charge in [-0.25, -0.2) is 4.79 Å². The Morgan fingerprint density at radius 1 is 1.58 bits per heavy atom. The summed E-state index contributed by atoms with van der Waals surface area (Å²) in [6, 6.07) is 4.23. The number of nitrogens with zero attached hydrogens (tertiary/aromatic N) is 1. The lowest BCUT2D eigenvalue weighted by Gasteiger charge is -2.06. The van der Waals surface area contributed by atoms with Crippen molar-refractivity contribution in [3.05, 3.63) is 40.0 Å². The van der Waals surface area contributed by atoms with Crippen molar-refractivity contribution in [2.45, 2.75) is 0 Å². The fraction of sp³-hybridized carbons (Fsp3) is 0.250. The molecule has 19 heavy (non-hydrogen) atoms. The van der Waals surface area contributed by atoms with Crippen LogP contribution in [-0.4, -0.2) is 34.6 Å². The minimum Gasteiger partial charge on any atom is -0.486 e. The highest BCUT2D eigenvalue weighted by Gasteiger charge is 2.14. The highest BCUT2D eigenvalue weighted by Crippen LogP contribution is 2.28. The standard InChI is InChI=1S/C12H13NO5S/c1-19-7-6-18-11-8-9(3-5-12(14)15)2-4-10(11)13(16)17/h2-5,8H,6-7H2,1H3,(H,14,15)/b5-3+. The quantitative estimate of drug-likeness (QED) is 0.358. The Labute approximate surface area is 114 Å². The van der Waals surface area contributed by atoms with Crippen LogP contribution < -0.4 is 4.74 Å². The maximum atomic E-state index is 10.8. The predicted molar refractivity (Wildman–Crippen MR) is 73.6 cm³/mol. The fourth-order valence-electron chi connectivity index (χ4n) is 1.30. The summed E-state index contributed by atoms with van der Waals surface area (Å²) in [5.74, 6) is -0.221. The molecular formula is C12H13NO5S. The van der Waals surface area contributed by atoms with Crippen molar-refractivity contribution in [3.63, 3.8) is 0 Å². The van der Waals surface area contributed by atoms with Crippen LogP contribution in [0.15, 0.2) is 24.3 Å². The number of ether oxygens (including phenoxy) is 1. The van der Waals surface area contributed by atoms with Gasteiger partial charge in [0, 0.05) is 17.9 Å². The van der Waals surface area contributed by atoms with Crippen LogP contribution in [0.4, 0.5) is 5.69 Å². The lowest BCUT2D eigenvalue weighted by Crippen LogP contribution is -2.02. The van der Waals surface area contributed by atoms with Crippen molar-refractivity contribution in [2.24, 2.45) is 0 Å². The SMILES string of the molecule is CSCCOc1cc(/C=C/C(=O)O)ccc1[N+](=O)[O-]. The molecule has 1 rings (SSSR count). The van der Waals surface area contributed by atoms with Gasteiger partial charge in [0.2, 0.25) is 0 Å². The largest absolute Gasteiger partial charge is 0.486 e. The highest BCUT2D eigenvalue weighted by atomic mass is 32.2. The van der Waals surface area contributed by atoms with E-state index >= 15 is 0 Å². The molecule has 0 saturated heterocycles. The number of nitro groups is 1. The summed E-state index contributed by atoms with van der Waals surface area (Å²) in [5.41, 5.74) is 0.403. The molecule has 102 valence electrons. The van der Waals surface area contributed by atoms with Crippen LogP contribution in [0.2, 0.25) is 0 Å². The van der Waals surface area contributed by atoms with Gasteiger partial charge in [-0.15, -0.1) is 0 Å². The number of thioether (sulfide) groups is 1. The van der Waals surface area contributed by atoms with Gasteiger partial charge in [-0.2, -0.15) is 11.8 Å². The number of rotatable bonds is 7. The van der Waals surface area contributed by atoms with E-state index < -0.39 is 10.9 Å². The molecule has 0 aliphatic rings. The van der Waals surface area contributed by atoms with Gasteiger partial charge >= 0.3 is 11.7 Å². The van der Waals surface area contributed by atoms with Gasteiger partial charge in [-0.3, -0.25) is 10.1 Å². The molecule has 0 heterocycles. The van der Waals surface area contributed by atoms with E-state index in [1.807, 2.05) is 6.26 Å². The van der Waals surface area contributed by atoms with E-state index in [9.17, 15) is 14.9 Å². The summed E-state index contributed by atoms with van der Waals surface area (Å²) in [6.07, 6.45) is 4.23. The molecule has 0 radical (unpaired) electrons. The number of nitro benzene ring substituents is 1. The van der Waals surface area contributed by atoms with E-state index in [1.165, 1.54) is 24.3 Å². The van der Waals surface area contributed by atoms with Gasteiger partial charge in [0.15, 0.2) is 5.75 Å². The van der Waals surface area contributed by atoms with Crippen molar-refractivity contribution >= 4 is 29.5 Å². The van der Waals surface area contributed by atoms with Gasteiger partial charge < -0.3 is 9.84 Å². The Hall–Kier alpha value is -2.02. The number of carboxylic acids is 1. The zero-order valence-corrected chi connectivity index (χ0v) is 11.1. The zero-order chi connectivity index (χ0) is 14.3. The lowest BCUT2D eigenvalue weighted by atomic mass is 10.2. The summed E-state index contributed by atoms with van der Waals surface area (Å²) < 4.78 is 5.34. The second-order valence-electron chi connectivity index (χ2n) is 3.50. The van der Waals surface area contributed by atoms with Crippen LogP contribution in [0.25, 0.3) is 6.08 Å². The number of hydrogen-bond acceptors (Lipinski definition) is 5. The first-order chi connectivity index (χ1) is 9.04. The second-order valence-corrected chi connectivity index (χ2v) is 4.48.